The van der Waals surface area contributed by atoms with Crippen LogP contribution in [-0.4, -0.2) is 11.0 Å². The van der Waals surface area contributed by atoms with E-state index in [0.717, 1.165) is 11.1 Å². The number of hydrogen-bond donors (Lipinski definition) is 0. The van der Waals surface area contributed by atoms with E-state index in [2.05, 4.69) is 4.98 Å². The molecule has 0 fully saturated rings. The molecule has 0 saturated heterocycles. The van der Waals surface area contributed by atoms with Gasteiger partial charge in [-0.15, -0.1) is 11.3 Å². The number of aromatic nitrogens is 1. The summed E-state index contributed by atoms with van der Waals surface area (Å²) in [6, 6.07) is 13.1. The summed E-state index contributed by atoms with van der Waals surface area (Å²) in [7, 11) is 0. The lowest BCUT2D eigenvalue weighted by Crippen LogP contribution is -2.05. The van der Waals surface area contributed by atoms with E-state index in [-0.39, 0.29) is 18.1 Å². The molecule has 6 heteroatoms. The maximum atomic E-state index is 12.9. The number of halogens is 2. The van der Waals surface area contributed by atoms with Crippen LogP contribution in [0.2, 0.25) is 5.02 Å². The average molecular weight is 348 g/mol. The van der Waals surface area contributed by atoms with E-state index in [1.807, 2.05) is 6.07 Å². The molecule has 1 aromatic heterocycles. The van der Waals surface area contributed by atoms with Gasteiger partial charge in [0.25, 0.3) is 0 Å². The molecule has 0 unspecified atom stereocenters. The lowest BCUT2D eigenvalue weighted by atomic mass is 10.2. The third kappa shape index (κ3) is 3.94. The van der Waals surface area contributed by atoms with Crippen molar-refractivity contribution in [1.82, 2.24) is 4.98 Å². The predicted molar refractivity (Wildman–Crippen MR) is 88.1 cm³/mol. The summed E-state index contributed by atoms with van der Waals surface area (Å²) in [5.41, 5.74) is 1.79. The lowest BCUT2D eigenvalue weighted by Gasteiger charge is -2.03. The number of esters is 1. The van der Waals surface area contributed by atoms with Crippen molar-refractivity contribution in [2.75, 3.05) is 0 Å². The van der Waals surface area contributed by atoms with Gasteiger partial charge in [0, 0.05) is 16.0 Å². The molecule has 0 spiro atoms. The van der Waals surface area contributed by atoms with Crippen LogP contribution in [0.25, 0.3) is 10.6 Å². The van der Waals surface area contributed by atoms with Crippen molar-refractivity contribution < 1.29 is 13.9 Å². The second kappa shape index (κ2) is 6.89. The first-order valence-electron chi connectivity index (χ1n) is 6.75. The maximum Gasteiger partial charge on any atom is 0.358 e. The summed E-state index contributed by atoms with van der Waals surface area (Å²) in [6.07, 6.45) is 0. The Morgan fingerprint density at radius 2 is 2.00 bits per heavy atom. The molecule has 2 aromatic carbocycles. The van der Waals surface area contributed by atoms with Crippen LogP contribution in [0.1, 0.15) is 16.1 Å². The van der Waals surface area contributed by atoms with Gasteiger partial charge < -0.3 is 4.74 Å². The van der Waals surface area contributed by atoms with Gasteiger partial charge in [-0.05, 0) is 42.0 Å². The Kier molecular flexibility index (Phi) is 4.69. The third-order valence-corrected chi connectivity index (χ3v) is 4.19. The van der Waals surface area contributed by atoms with Crippen molar-refractivity contribution in [2.24, 2.45) is 0 Å². The van der Waals surface area contributed by atoms with Crippen molar-refractivity contribution in [1.29, 1.82) is 0 Å². The topological polar surface area (TPSA) is 39.2 Å². The van der Waals surface area contributed by atoms with Crippen molar-refractivity contribution >= 4 is 28.9 Å². The Labute approximate surface area is 141 Å². The van der Waals surface area contributed by atoms with E-state index in [4.69, 9.17) is 16.3 Å². The third-order valence-electron chi connectivity index (χ3n) is 3.06. The second-order valence-corrected chi connectivity index (χ2v) is 6.05. The molecular weight excluding hydrogens is 337 g/mol. The van der Waals surface area contributed by atoms with Gasteiger partial charge in [0.15, 0.2) is 5.69 Å². The summed E-state index contributed by atoms with van der Waals surface area (Å²) in [5.74, 6) is -0.818. The molecule has 0 bridgehead atoms. The van der Waals surface area contributed by atoms with Gasteiger partial charge in [-0.3, -0.25) is 0 Å². The minimum absolute atomic E-state index is 0.128. The fourth-order valence-corrected chi connectivity index (χ4v) is 2.95. The Balaban J connectivity index is 1.67. The first kappa shape index (κ1) is 15.6. The number of carbonyl (C=O) groups excluding carboxylic acids is 1. The highest BCUT2D eigenvalue weighted by molar-refractivity contribution is 7.13. The minimum Gasteiger partial charge on any atom is -0.456 e. The van der Waals surface area contributed by atoms with Crippen molar-refractivity contribution in [3.05, 3.63) is 76.0 Å². The molecule has 116 valence electrons. The molecule has 1 heterocycles. The van der Waals surface area contributed by atoms with Crippen molar-refractivity contribution in [3.8, 4) is 10.6 Å². The fraction of sp³-hybridized carbons (Fsp3) is 0.0588. The number of ether oxygens (including phenoxy) is 1. The van der Waals surface area contributed by atoms with Gasteiger partial charge in [0.1, 0.15) is 17.4 Å². The molecule has 0 aliphatic rings. The molecule has 0 N–H and O–H groups in total. The van der Waals surface area contributed by atoms with Crippen LogP contribution < -0.4 is 0 Å². The van der Waals surface area contributed by atoms with Crippen LogP contribution in [0, 0.1) is 5.82 Å². The molecule has 0 aliphatic carbocycles. The van der Waals surface area contributed by atoms with E-state index in [1.54, 1.807) is 35.7 Å². The zero-order valence-corrected chi connectivity index (χ0v) is 13.4. The zero-order valence-electron chi connectivity index (χ0n) is 11.8. The normalized spacial score (nSPS) is 10.5. The van der Waals surface area contributed by atoms with Gasteiger partial charge in [0.2, 0.25) is 0 Å². The number of hydrogen-bond acceptors (Lipinski definition) is 4. The van der Waals surface area contributed by atoms with E-state index in [1.165, 1.54) is 23.5 Å². The van der Waals surface area contributed by atoms with Crippen LogP contribution in [0.3, 0.4) is 0 Å². The van der Waals surface area contributed by atoms with E-state index >= 15 is 0 Å². The van der Waals surface area contributed by atoms with Crippen LogP contribution >= 0.6 is 22.9 Å². The summed E-state index contributed by atoms with van der Waals surface area (Å²) in [6.45, 7) is 0.128. The van der Waals surface area contributed by atoms with Gasteiger partial charge in [0.05, 0.1) is 0 Å². The lowest BCUT2D eigenvalue weighted by molar-refractivity contribution is 0.0467. The molecule has 0 amide bonds. The van der Waals surface area contributed by atoms with Crippen LogP contribution in [0.4, 0.5) is 4.39 Å². The SMILES string of the molecule is O=C(OCc1cccc(Cl)c1)c1csc(-c2ccc(F)cc2)n1. The highest BCUT2D eigenvalue weighted by atomic mass is 35.5. The molecule has 3 rings (SSSR count). The molecular formula is C17H11ClFNO2S. The predicted octanol–water partition coefficient (Wildman–Crippen LogP) is 4.96. The first-order chi connectivity index (χ1) is 11.1. The molecule has 23 heavy (non-hydrogen) atoms. The van der Waals surface area contributed by atoms with E-state index < -0.39 is 5.97 Å². The summed E-state index contributed by atoms with van der Waals surface area (Å²) in [4.78, 5) is 16.3. The molecule has 3 aromatic rings. The van der Waals surface area contributed by atoms with Crippen molar-refractivity contribution in [3.63, 3.8) is 0 Å². The van der Waals surface area contributed by atoms with Gasteiger partial charge in [-0.2, -0.15) is 0 Å². The molecule has 0 atom stereocenters. The highest BCUT2D eigenvalue weighted by Gasteiger charge is 2.13. The van der Waals surface area contributed by atoms with E-state index in [9.17, 15) is 9.18 Å². The monoisotopic (exact) mass is 347 g/mol. The Morgan fingerprint density at radius 3 is 2.74 bits per heavy atom. The summed E-state index contributed by atoms with van der Waals surface area (Å²) in [5, 5.41) is 2.85. The Bertz CT molecular complexity index is 833. The Morgan fingerprint density at radius 1 is 1.22 bits per heavy atom. The molecule has 0 saturated carbocycles. The highest BCUT2D eigenvalue weighted by Crippen LogP contribution is 2.24. The zero-order chi connectivity index (χ0) is 16.2. The number of rotatable bonds is 4. The quantitative estimate of drug-likeness (QED) is 0.626. The number of nitrogens with zero attached hydrogens (tertiary/aromatic N) is 1. The number of benzene rings is 2. The average Bonchev–Trinajstić information content (AvgIpc) is 3.03. The van der Waals surface area contributed by atoms with Crippen LogP contribution in [0.15, 0.2) is 53.9 Å². The molecule has 0 radical (unpaired) electrons. The number of carbonyl (C=O) groups is 1. The minimum atomic E-state index is -0.505. The summed E-state index contributed by atoms with van der Waals surface area (Å²) < 4.78 is 18.1. The standard InChI is InChI=1S/C17H11ClFNO2S/c18-13-3-1-2-11(8-13)9-22-17(21)15-10-23-16(20-15)12-4-6-14(19)7-5-12/h1-8,10H,9H2. The van der Waals surface area contributed by atoms with Crippen LogP contribution in [0.5, 0.6) is 0 Å². The second-order valence-electron chi connectivity index (χ2n) is 4.75. The van der Waals surface area contributed by atoms with E-state index in [0.29, 0.717) is 10.0 Å². The largest absolute Gasteiger partial charge is 0.456 e. The van der Waals surface area contributed by atoms with Gasteiger partial charge in [-0.1, -0.05) is 23.7 Å². The Hall–Kier alpha value is -2.24. The first-order valence-corrected chi connectivity index (χ1v) is 8.00. The molecule has 3 nitrogen and oxygen atoms in total. The van der Waals surface area contributed by atoms with Crippen molar-refractivity contribution in [2.45, 2.75) is 6.61 Å². The maximum absolute atomic E-state index is 12.9. The van der Waals surface area contributed by atoms with Gasteiger partial charge >= 0.3 is 5.97 Å². The van der Waals surface area contributed by atoms with Crippen LogP contribution in [-0.2, 0) is 11.3 Å². The summed E-state index contributed by atoms with van der Waals surface area (Å²) >= 11 is 7.19. The van der Waals surface area contributed by atoms with Gasteiger partial charge in [-0.25, -0.2) is 14.2 Å². The number of thiazole rings is 1. The fourth-order valence-electron chi connectivity index (χ4n) is 1.94. The smallest absolute Gasteiger partial charge is 0.358 e. The molecule has 0 aliphatic heterocycles.